The molecule has 3 rings (SSSR count). The first-order chi connectivity index (χ1) is 13.5. The fraction of sp³-hybridized carbons (Fsp3) is 0.211. The van der Waals surface area contributed by atoms with Crippen molar-refractivity contribution in [1.29, 1.82) is 0 Å². The van der Waals surface area contributed by atoms with Gasteiger partial charge in [-0.1, -0.05) is 36.0 Å². The predicted molar refractivity (Wildman–Crippen MR) is 104 cm³/mol. The summed E-state index contributed by atoms with van der Waals surface area (Å²) in [5.41, 5.74) is 1.41. The van der Waals surface area contributed by atoms with Crippen LogP contribution in [-0.4, -0.2) is 58.4 Å². The van der Waals surface area contributed by atoms with Crippen molar-refractivity contribution in [3.05, 3.63) is 48.2 Å². The highest BCUT2D eigenvalue weighted by atomic mass is 32.2. The zero-order chi connectivity index (χ0) is 19.9. The van der Waals surface area contributed by atoms with Crippen LogP contribution in [0.5, 0.6) is 0 Å². The smallest absolute Gasteiger partial charge is 0.331 e. The Hall–Kier alpha value is -3.20. The Morgan fingerprint density at radius 2 is 2.04 bits per heavy atom. The van der Waals surface area contributed by atoms with Crippen LogP contribution in [0.15, 0.2) is 42.5 Å². The molecule has 1 N–H and O–H groups in total. The van der Waals surface area contributed by atoms with Crippen molar-refractivity contribution in [2.75, 3.05) is 25.4 Å². The average Bonchev–Trinajstić information content (AvgIpc) is 3.02. The second kappa shape index (κ2) is 9.14. The molecular formula is C19H17N3O5S. The number of esters is 1. The highest BCUT2D eigenvalue weighted by Gasteiger charge is 2.29. The van der Waals surface area contributed by atoms with Crippen LogP contribution >= 0.6 is 11.8 Å². The van der Waals surface area contributed by atoms with E-state index in [0.717, 1.165) is 27.6 Å². The molecule has 28 heavy (non-hydrogen) atoms. The van der Waals surface area contributed by atoms with Gasteiger partial charge in [-0.05, 0) is 18.2 Å². The molecule has 8 nitrogen and oxygen atoms in total. The number of nitrogens with one attached hydrogen (secondary N) is 1. The van der Waals surface area contributed by atoms with Gasteiger partial charge in [0, 0.05) is 24.6 Å². The minimum absolute atomic E-state index is 0.0951. The number of imide groups is 1. The van der Waals surface area contributed by atoms with E-state index in [0.29, 0.717) is 5.69 Å². The number of carbonyl (C=O) groups excluding carboxylic acids is 4. The summed E-state index contributed by atoms with van der Waals surface area (Å²) >= 11 is 0.933. The Morgan fingerprint density at radius 1 is 1.21 bits per heavy atom. The number of para-hydroxylation sites is 1. The van der Waals surface area contributed by atoms with Crippen LogP contribution in [0.25, 0.3) is 17.0 Å². The molecule has 1 saturated heterocycles. The van der Waals surface area contributed by atoms with Crippen LogP contribution in [-0.2, 0) is 19.1 Å². The van der Waals surface area contributed by atoms with Crippen molar-refractivity contribution in [2.24, 2.45) is 0 Å². The van der Waals surface area contributed by atoms with Gasteiger partial charge in [0.1, 0.15) is 0 Å². The Bertz CT molecular complexity index is 943. The molecule has 1 aromatic heterocycles. The monoisotopic (exact) mass is 399 g/mol. The zero-order valence-electron chi connectivity index (χ0n) is 14.8. The molecule has 0 saturated carbocycles. The molecule has 0 radical (unpaired) electrons. The Labute approximate surface area is 164 Å². The topological polar surface area (TPSA) is 106 Å². The van der Waals surface area contributed by atoms with E-state index in [-0.39, 0.29) is 30.0 Å². The van der Waals surface area contributed by atoms with Crippen LogP contribution in [0.3, 0.4) is 0 Å². The molecule has 3 amide bonds. The van der Waals surface area contributed by atoms with Crippen LogP contribution in [0.1, 0.15) is 5.69 Å². The highest BCUT2D eigenvalue weighted by molar-refractivity contribution is 8.14. The number of aromatic nitrogens is 1. The first kappa shape index (κ1) is 19.6. The van der Waals surface area contributed by atoms with Gasteiger partial charge in [-0.3, -0.25) is 19.3 Å². The van der Waals surface area contributed by atoms with Crippen molar-refractivity contribution in [3.8, 4) is 0 Å². The largest absolute Gasteiger partial charge is 0.452 e. The number of pyridine rings is 1. The van der Waals surface area contributed by atoms with Crippen molar-refractivity contribution in [2.45, 2.75) is 0 Å². The van der Waals surface area contributed by atoms with Crippen LogP contribution in [0.4, 0.5) is 4.79 Å². The van der Waals surface area contributed by atoms with Gasteiger partial charge < -0.3 is 10.1 Å². The molecule has 1 aliphatic rings. The molecule has 0 atom stereocenters. The molecule has 2 aromatic rings. The molecule has 1 aliphatic heterocycles. The van der Waals surface area contributed by atoms with Gasteiger partial charge in [-0.25, -0.2) is 9.78 Å². The highest BCUT2D eigenvalue weighted by Crippen LogP contribution is 2.17. The lowest BCUT2D eigenvalue weighted by atomic mass is 10.2. The van der Waals surface area contributed by atoms with E-state index in [1.165, 1.54) is 12.2 Å². The fourth-order valence-corrected chi connectivity index (χ4v) is 3.22. The molecule has 0 unspecified atom stereocenters. The molecule has 144 valence electrons. The first-order valence-corrected chi connectivity index (χ1v) is 9.46. The third-order valence-corrected chi connectivity index (χ3v) is 4.71. The Kier molecular flexibility index (Phi) is 6.38. The lowest BCUT2D eigenvalue weighted by Gasteiger charge is -2.12. The number of fused-ring (bicyclic) bond motifs is 1. The molecule has 1 aromatic carbocycles. The van der Waals surface area contributed by atoms with Crippen LogP contribution in [0.2, 0.25) is 0 Å². The van der Waals surface area contributed by atoms with Gasteiger partial charge in [-0.15, -0.1) is 0 Å². The Morgan fingerprint density at radius 3 is 2.82 bits per heavy atom. The average molecular weight is 399 g/mol. The maximum absolute atomic E-state index is 11.7. The summed E-state index contributed by atoms with van der Waals surface area (Å²) in [5.74, 6) is -1.34. The van der Waals surface area contributed by atoms with Crippen LogP contribution in [0, 0.1) is 0 Å². The van der Waals surface area contributed by atoms with Gasteiger partial charge in [-0.2, -0.15) is 0 Å². The fourth-order valence-electron chi connectivity index (χ4n) is 2.47. The summed E-state index contributed by atoms with van der Waals surface area (Å²) in [4.78, 5) is 51.7. The predicted octanol–water partition coefficient (Wildman–Crippen LogP) is 1.60. The lowest BCUT2D eigenvalue weighted by Crippen LogP contribution is -2.38. The number of rotatable bonds is 7. The summed E-state index contributed by atoms with van der Waals surface area (Å²) in [5, 5.41) is 3.17. The molecule has 1 fully saturated rings. The molecule has 9 heteroatoms. The first-order valence-electron chi connectivity index (χ1n) is 8.47. The number of benzene rings is 1. The minimum Gasteiger partial charge on any atom is -0.452 e. The Balaban J connectivity index is 1.40. The molecule has 0 bridgehead atoms. The van der Waals surface area contributed by atoms with Crippen molar-refractivity contribution in [1.82, 2.24) is 15.2 Å². The zero-order valence-corrected chi connectivity index (χ0v) is 15.6. The SMILES string of the molecule is O=C(COC(=O)C=Cc1ccc2ccccc2n1)NCCN1C(=O)CSC1=O. The maximum Gasteiger partial charge on any atom is 0.331 e. The lowest BCUT2D eigenvalue weighted by molar-refractivity contribution is -0.143. The van der Waals surface area contributed by atoms with E-state index >= 15 is 0 Å². The van der Waals surface area contributed by atoms with Gasteiger partial charge >= 0.3 is 5.97 Å². The van der Waals surface area contributed by atoms with Crippen LogP contribution < -0.4 is 5.32 Å². The number of nitrogens with zero attached hydrogens (tertiary/aromatic N) is 2. The van der Waals surface area contributed by atoms with E-state index in [9.17, 15) is 19.2 Å². The van der Waals surface area contributed by atoms with E-state index in [1.807, 2.05) is 30.3 Å². The second-order valence-electron chi connectivity index (χ2n) is 5.82. The molecule has 0 spiro atoms. The summed E-state index contributed by atoms with van der Waals surface area (Å²) in [6.45, 7) is -0.256. The minimum atomic E-state index is -0.675. The number of hydrogen-bond acceptors (Lipinski definition) is 7. The quantitative estimate of drug-likeness (QED) is 0.557. The number of carbonyl (C=O) groups is 4. The van der Waals surface area contributed by atoms with Gasteiger partial charge in [0.05, 0.1) is 17.0 Å². The van der Waals surface area contributed by atoms with E-state index in [4.69, 9.17) is 4.74 Å². The number of ether oxygens (including phenoxy) is 1. The van der Waals surface area contributed by atoms with E-state index in [1.54, 1.807) is 6.07 Å². The van der Waals surface area contributed by atoms with Gasteiger partial charge in [0.25, 0.3) is 11.1 Å². The second-order valence-corrected chi connectivity index (χ2v) is 6.75. The van der Waals surface area contributed by atoms with Gasteiger partial charge in [0.2, 0.25) is 5.91 Å². The molecule has 2 heterocycles. The third kappa shape index (κ3) is 5.17. The number of hydrogen-bond donors (Lipinski definition) is 1. The summed E-state index contributed by atoms with van der Waals surface area (Å²) in [7, 11) is 0. The standard InChI is InChI=1S/C19H17N3O5S/c23-16(20-9-10-22-17(24)12-28-19(22)26)11-27-18(25)8-7-14-6-5-13-3-1-2-4-15(13)21-14/h1-8H,9-12H2,(H,20,23). The normalized spacial score (nSPS) is 14.1. The summed E-state index contributed by atoms with van der Waals surface area (Å²) in [6.07, 6.45) is 2.71. The molecular weight excluding hydrogens is 382 g/mol. The molecule has 0 aliphatic carbocycles. The van der Waals surface area contributed by atoms with Gasteiger partial charge in [0.15, 0.2) is 6.61 Å². The number of amides is 3. The third-order valence-electron chi connectivity index (χ3n) is 3.85. The van der Waals surface area contributed by atoms with Crippen molar-refractivity contribution < 1.29 is 23.9 Å². The van der Waals surface area contributed by atoms with E-state index in [2.05, 4.69) is 10.3 Å². The number of thioether (sulfide) groups is 1. The van der Waals surface area contributed by atoms with E-state index < -0.39 is 18.5 Å². The maximum atomic E-state index is 11.7. The summed E-state index contributed by atoms with van der Waals surface area (Å²) < 4.78 is 4.86. The van der Waals surface area contributed by atoms with Crippen molar-refractivity contribution in [3.63, 3.8) is 0 Å². The van der Waals surface area contributed by atoms with Crippen molar-refractivity contribution >= 4 is 51.8 Å². The summed E-state index contributed by atoms with van der Waals surface area (Å²) in [6, 6.07) is 11.3.